The molecule has 0 heterocycles. The highest BCUT2D eigenvalue weighted by atomic mass is 16.1. The number of rotatable bonds is 2. The largest absolute Gasteiger partial charge is 0.298 e. The molecule has 0 spiro atoms. The number of hydrogen-bond donors (Lipinski definition) is 0. The summed E-state index contributed by atoms with van der Waals surface area (Å²) in [6, 6.07) is 9.90. The maximum Gasteiger partial charge on any atom is 0.146 e. The molecule has 1 aromatic carbocycles. The minimum Gasteiger partial charge on any atom is -0.298 e. The van der Waals surface area contributed by atoms with Gasteiger partial charge in [0.1, 0.15) is 6.29 Å². The van der Waals surface area contributed by atoms with Gasteiger partial charge in [-0.3, -0.25) is 4.79 Å². The summed E-state index contributed by atoms with van der Waals surface area (Å²) < 4.78 is 0. The minimum absolute atomic E-state index is 0.0857. The van der Waals surface area contributed by atoms with Crippen molar-refractivity contribution in [2.75, 3.05) is 0 Å². The third-order valence-electron chi connectivity index (χ3n) is 2.11. The molecule has 0 aliphatic rings. The molecule has 0 saturated heterocycles. The van der Waals surface area contributed by atoms with E-state index in [2.05, 4.69) is 0 Å². The zero-order valence-electron chi connectivity index (χ0n) is 8.95. The molecule has 1 nitrogen and oxygen atoms in total. The molecule has 0 aromatic heterocycles. The number of hydrogen-bond acceptors (Lipinski definition) is 1. The molecule has 74 valence electrons. The van der Waals surface area contributed by atoms with Crippen LogP contribution in [0.4, 0.5) is 0 Å². The van der Waals surface area contributed by atoms with Crippen LogP contribution in [0.3, 0.4) is 0 Å². The fourth-order valence-corrected chi connectivity index (χ4v) is 1.16. The van der Waals surface area contributed by atoms with Crippen LogP contribution in [0.25, 0.3) is 6.08 Å². The number of aldehydes is 1. The van der Waals surface area contributed by atoms with Gasteiger partial charge in [0, 0.05) is 0 Å². The van der Waals surface area contributed by atoms with E-state index in [1.54, 1.807) is 0 Å². The molecule has 1 rings (SSSR count). The first-order valence-electron chi connectivity index (χ1n) is 4.76. The van der Waals surface area contributed by atoms with Crippen LogP contribution in [-0.4, -0.2) is 6.29 Å². The van der Waals surface area contributed by atoms with Gasteiger partial charge in [-0.25, -0.2) is 0 Å². The molecule has 0 unspecified atom stereocenters. The molecule has 1 aromatic rings. The third kappa shape index (κ3) is 2.84. The Labute approximate surface area is 85.5 Å². The molecule has 0 atom stereocenters. The van der Waals surface area contributed by atoms with Gasteiger partial charge in [-0.05, 0) is 22.6 Å². The normalized spacial score (nSPS) is 12.6. The standard InChI is InChI=1S/C13H16O/c1-13(2,3)12(10-14)9-11-7-5-4-6-8-11/h4-10H,1-3H3/b12-9+. The molecule has 0 fully saturated rings. The quantitative estimate of drug-likeness (QED) is 0.514. The van der Waals surface area contributed by atoms with Gasteiger partial charge in [0.15, 0.2) is 0 Å². The minimum atomic E-state index is -0.0857. The van der Waals surface area contributed by atoms with E-state index in [1.165, 1.54) is 0 Å². The highest BCUT2D eigenvalue weighted by Gasteiger charge is 2.15. The Balaban J connectivity index is 3.02. The first kappa shape index (κ1) is 10.7. The second-order valence-electron chi connectivity index (χ2n) is 4.38. The lowest BCUT2D eigenvalue weighted by Crippen LogP contribution is -2.10. The highest BCUT2D eigenvalue weighted by Crippen LogP contribution is 2.25. The van der Waals surface area contributed by atoms with Crippen molar-refractivity contribution in [3.63, 3.8) is 0 Å². The van der Waals surface area contributed by atoms with Crippen LogP contribution in [0.5, 0.6) is 0 Å². The van der Waals surface area contributed by atoms with Crippen molar-refractivity contribution in [3.8, 4) is 0 Å². The molecule has 0 aliphatic heterocycles. The van der Waals surface area contributed by atoms with Crippen molar-refractivity contribution in [2.24, 2.45) is 5.41 Å². The van der Waals surface area contributed by atoms with Crippen LogP contribution < -0.4 is 0 Å². The molecular formula is C13H16O. The Bertz CT molecular complexity index is 328. The SMILES string of the molecule is CC(C)(C)/C(C=O)=C/c1ccccc1. The predicted octanol–water partition coefficient (Wildman–Crippen LogP) is 3.32. The molecule has 0 N–H and O–H groups in total. The third-order valence-corrected chi connectivity index (χ3v) is 2.11. The Morgan fingerprint density at radius 1 is 1.14 bits per heavy atom. The molecule has 0 bridgehead atoms. The molecule has 1 heteroatoms. The second kappa shape index (κ2) is 4.23. The van der Waals surface area contributed by atoms with E-state index in [0.29, 0.717) is 0 Å². The van der Waals surface area contributed by atoms with Crippen LogP contribution in [0.1, 0.15) is 26.3 Å². The van der Waals surface area contributed by atoms with Crippen molar-refractivity contribution in [1.29, 1.82) is 0 Å². The van der Waals surface area contributed by atoms with Crippen molar-refractivity contribution < 1.29 is 4.79 Å². The van der Waals surface area contributed by atoms with Crippen LogP contribution >= 0.6 is 0 Å². The second-order valence-corrected chi connectivity index (χ2v) is 4.38. The van der Waals surface area contributed by atoms with Gasteiger partial charge in [0.2, 0.25) is 0 Å². The van der Waals surface area contributed by atoms with Gasteiger partial charge in [-0.2, -0.15) is 0 Å². The molecular weight excluding hydrogens is 172 g/mol. The first-order valence-corrected chi connectivity index (χ1v) is 4.76. The lowest BCUT2D eigenvalue weighted by molar-refractivity contribution is -0.105. The smallest absolute Gasteiger partial charge is 0.146 e. The summed E-state index contributed by atoms with van der Waals surface area (Å²) in [7, 11) is 0. The summed E-state index contributed by atoms with van der Waals surface area (Å²) in [5.74, 6) is 0. The van der Waals surface area contributed by atoms with Gasteiger partial charge < -0.3 is 0 Å². The Morgan fingerprint density at radius 2 is 1.71 bits per heavy atom. The van der Waals surface area contributed by atoms with E-state index < -0.39 is 0 Å². The molecule has 0 radical (unpaired) electrons. The number of carbonyl (C=O) groups excluding carboxylic acids is 1. The van der Waals surface area contributed by atoms with Crippen LogP contribution in [0.15, 0.2) is 35.9 Å². The Kier molecular flexibility index (Phi) is 3.23. The Hall–Kier alpha value is -1.37. The maximum absolute atomic E-state index is 10.9. The van der Waals surface area contributed by atoms with E-state index in [-0.39, 0.29) is 5.41 Å². The summed E-state index contributed by atoms with van der Waals surface area (Å²) in [4.78, 5) is 10.9. The Morgan fingerprint density at radius 3 is 2.14 bits per heavy atom. The van der Waals surface area contributed by atoms with Crippen molar-refractivity contribution >= 4 is 12.4 Å². The number of carbonyl (C=O) groups is 1. The average molecular weight is 188 g/mol. The molecule has 0 saturated carbocycles. The van der Waals surface area contributed by atoms with E-state index in [1.807, 2.05) is 57.2 Å². The summed E-state index contributed by atoms with van der Waals surface area (Å²) in [6.07, 6.45) is 2.88. The van der Waals surface area contributed by atoms with E-state index in [9.17, 15) is 4.79 Å². The van der Waals surface area contributed by atoms with Crippen LogP contribution in [0.2, 0.25) is 0 Å². The summed E-state index contributed by atoms with van der Waals surface area (Å²) in [6.45, 7) is 6.11. The monoisotopic (exact) mass is 188 g/mol. The molecule has 0 amide bonds. The van der Waals surface area contributed by atoms with Gasteiger partial charge in [0.25, 0.3) is 0 Å². The van der Waals surface area contributed by atoms with Gasteiger partial charge in [-0.1, -0.05) is 51.1 Å². The van der Waals surface area contributed by atoms with Crippen molar-refractivity contribution in [1.82, 2.24) is 0 Å². The number of benzene rings is 1. The van der Waals surface area contributed by atoms with E-state index in [0.717, 1.165) is 17.4 Å². The van der Waals surface area contributed by atoms with E-state index in [4.69, 9.17) is 0 Å². The van der Waals surface area contributed by atoms with Gasteiger partial charge >= 0.3 is 0 Å². The van der Waals surface area contributed by atoms with Gasteiger partial charge in [-0.15, -0.1) is 0 Å². The average Bonchev–Trinajstić information content (AvgIpc) is 2.14. The van der Waals surface area contributed by atoms with Crippen LogP contribution in [0, 0.1) is 5.41 Å². The van der Waals surface area contributed by atoms with Crippen molar-refractivity contribution in [3.05, 3.63) is 41.5 Å². The first-order chi connectivity index (χ1) is 6.54. The zero-order valence-corrected chi connectivity index (χ0v) is 8.95. The zero-order chi connectivity index (χ0) is 10.6. The predicted molar refractivity (Wildman–Crippen MR) is 59.9 cm³/mol. The molecule has 14 heavy (non-hydrogen) atoms. The summed E-state index contributed by atoms with van der Waals surface area (Å²) in [5.41, 5.74) is 1.81. The summed E-state index contributed by atoms with van der Waals surface area (Å²) in [5, 5.41) is 0. The highest BCUT2D eigenvalue weighted by molar-refractivity contribution is 5.83. The lowest BCUT2D eigenvalue weighted by atomic mass is 9.86. The van der Waals surface area contributed by atoms with Gasteiger partial charge in [0.05, 0.1) is 0 Å². The fraction of sp³-hybridized carbons (Fsp3) is 0.308. The number of allylic oxidation sites excluding steroid dienone is 1. The maximum atomic E-state index is 10.9. The van der Waals surface area contributed by atoms with Crippen LogP contribution in [-0.2, 0) is 4.79 Å². The molecule has 0 aliphatic carbocycles. The topological polar surface area (TPSA) is 17.1 Å². The van der Waals surface area contributed by atoms with Crippen molar-refractivity contribution in [2.45, 2.75) is 20.8 Å². The summed E-state index contributed by atoms with van der Waals surface area (Å²) >= 11 is 0. The fourth-order valence-electron chi connectivity index (χ4n) is 1.16. The van der Waals surface area contributed by atoms with E-state index >= 15 is 0 Å². The lowest BCUT2D eigenvalue weighted by Gasteiger charge is -2.18.